The molecule has 1 aromatic rings. The molecular formula is C13H9NO2. The van der Waals surface area contributed by atoms with Gasteiger partial charge in [-0.1, -0.05) is 12.1 Å². The van der Waals surface area contributed by atoms with E-state index in [4.69, 9.17) is 4.42 Å². The first-order chi connectivity index (χ1) is 7.74. The van der Waals surface area contributed by atoms with Crippen molar-refractivity contribution >= 4 is 11.1 Å². The molecule has 78 valence electrons. The van der Waals surface area contributed by atoms with E-state index in [-0.39, 0.29) is 5.43 Å². The third-order valence-electron chi connectivity index (χ3n) is 2.58. The van der Waals surface area contributed by atoms with E-state index >= 15 is 0 Å². The van der Waals surface area contributed by atoms with E-state index in [0.717, 1.165) is 11.1 Å². The number of hydrogen-bond acceptors (Lipinski definition) is 3. The Bertz CT molecular complexity index is 700. The zero-order valence-electron chi connectivity index (χ0n) is 8.73. The maximum absolute atomic E-state index is 11.2. The van der Waals surface area contributed by atoms with Gasteiger partial charge in [-0.25, -0.2) is 4.98 Å². The lowest BCUT2D eigenvalue weighted by atomic mass is 10.2. The van der Waals surface area contributed by atoms with E-state index in [1.165, 1.54) is 12.1 Å². The van der Waals surface area contributed by atoms with Crippen LogP contribution in [0.1, 0.15) is 5.56 Å². The van der Waals surface area contributed by atoms with Gasteiger partial charge < -0.3 is 4.42 Å². The molecule has 0 radical (unpaired) electrons. The number of hydrogen-bond donors (Lipinski definition) is 0. The van der Waals surface area contributed by atoms with Crippen LogP contribution in [-0.2, 0) is 0 Å². The zero-order valence-corrected chi connectivity index (χ0v) is 8.73. The first-order valence-electron chi connectivity index (χ1n) is 5.04. The minimum Gasteiger partial charge on any atom is -0.453 e. The molecule has 0 unspecified atom stereocenters. The topological polar surface area (TPSA) is 43.1 Å². The summed E-state index contributed by atoms with van der Waals surface area (Å²) < 4.78 is 5.65. The van der Waals surface area contributed by atoms with Crippen molar-refractivity contribution in [1.29, 1.82) is 0 Å². The minimum atomic E-state index is -0.0648. The lowest BCUT2D eigenvalue weighted by molar-refractivity contribution is 0.612. The predicted octanol–water partition coefficient (Wildman–Crippen LogP) is 2.60. The highest BCUT2D eigenvalue weighted by atomic mass is 16.3. The molecule has 3 nitrogen and oxygen atoms in total. The highest BCUT2D eigenvalue weighted by Gasteiger charge is 2.09. The van der Waals surface area contributed by atoms with Crippen molar-refractivity contribution in [3.63, 3.8) is 0 Å². The molecule has 0 aromatic heterocycles. The quantitative estimate of drug-likeness (QED) is 0.537. The van der Waals surface area contributed by atoms with Crippen LogP contribution in [0.15, 0.2) is 45.6 Å². The maximum Gasteiger partial charge on any atom is 0.182 e. The summed E-state index contributed by atoms with van der Waals surface area (Å²) in [7, 11) is 0. The van der Waals surface area contributed by atoms with E-state index in [1.807, 2.05) is 25.1 Å². The summed E-state index contributed by atoms with van der Waals surface area (Å²) in [6, 6.07) is 10.4. The van der Waals surface area contributed by atoms with Crippen LogP contribution < -0.4 is 5.43 Å². The van der Waals surface area contributed by atoms with E-state index < -0.39 is 0 Å². The molecule has 1 aromatic carbocycles. The van der Waals surface area contributed by atoms with Crippen molar-refractivity contribution in [2.24, 2.45) is 0 Å². The SMILES string of the molecule is Cc1cccc2oc3cc(=O)ccc-3nc12. The van der Waals surface area contributed by atoms with Crippen LogP contribution in [0.3, 0.4) is 0 Å². The lowest BCUT2D eigenvalue weighted by Gasteiger charge is -2.06. The van der Waals surface area contributed by atoms with Crippen LogP contribution in [0.4, 0.5) is 0 Å². The van der Waals surface area contributed by atoms with Crippen LogP contribution in [0, 0.1) is 6.92 Å². The van der Waals surface area contributed by atoms with Crippen molar-refractivity contribution in [3.8, 4) is 11.5 Å². The lowest BCUT2D eigenvalue weighted by Crippen LogP contribution is -1.99. The van der Waals surface area contributed by atoms with Gasteiger partial charge in [-0.3, -0.25) is 4.79 Å². The molecule has 0 amide bonds. The van der Waals surface area contributed by atoms with Gasteiger partial charge in [0, 0.05) is 6.07 Å². The smallest absolute Gasteiger partial charge is 0.182 e. The van der Waals surface area contributed by atoms with Gasteiger partial charge in [-0.2, -0.15) is 0 Å². The normalized spacial score (nSPS) is 11.1. The molecule has 1 aliphatic heterocycles. The predicted molar refractivity (Wildman–Crippen MR) is 61.6 cm³/mol. The van der Waals surface area contributed by atoms with Crippen molar-refractivity contribution in [2.75, 3.05) is 0 Å². The van der Waals surface area contributed by atoms with Crippen LogP contribution in [0.2, 0.25) is 0 Å². The molecule has 2 aliphatic rings. The van der Waals surface area contributed by atoms with Crippen LogP contribution >= 0.6 is 0 Å². The standard InChI is InChI=1S/C13H9NO2/c1-8-3-2-4-11-13(8)14-10-6-5-9(15)7-12(10)16-11/h2-7H,1H3. The fraction of sp³-hybridized carbons (Fsp3) is 0.0769. The molecule has 0 spiro atoms. The van der Waals surface area contributed by atoms with Gasteiger partial charge in [-0.05, 0) is 30.7 Å². The Morgan fingerprint density at radius 2 is 2.06 bits per heavy atom. The summed E-state index contributed by atoms with van der Waals surface area (Å²) in [5.41, 5.74) is 3.26. The summed E-state index contributed by atoms with van der Waals surface area (Å²) >= 11 is 0. The Balaban J connectivity index is 2.50. The summed E-state index contributed by atoms with van der Waals surface area (Å²) in [5.74, 6) is 0.533. The van der Waals surface area contributed by atoms with Gasteiger partial charge >= 0.3 is 0 Å². The van der Waals surface area contributed by atoms with Crippen molar-refractivity contribution in [2.45, 2.75) is 6.92 Å². The number of fused-ring (bicyclic) bond motifs is 2. The van der Waals surface area contributed by atoms with Crippen LogP contribution in [0.25, 0.3) is 22.6 Å². The summed E-state index contributed by atoms with van der Waals surface area (Å²) in [5, 5.41) is 0. The molecule has 0 atom stereocenters. The number of para-hydroxylation sites is 1. The number of aromatic nitrogens is 1. The first-order valence-corrected chi connectivity index (χ1v) is 5.04. The molecule has 1 aliphatic carbocycles. The fourth-order valence-electron chi connectivity index (χ4n) is 1.77. The fourth-order valence-corrected chi connectivity index (χ4v) is 1.77. The third-order valence-corrected chi connectivity index (χ3v) is 2.58. The second kappa shape index (κ2) is 3.17. The van der Waals surface area contributed by atoms with Gasteiger partial charge in [0.05, 0.1) is 0 Å². The second-order valence-corrected chi connectivity index (χ2v) is 3.77. The Morgan fingerprint density at radius 3 is 2.94 bits per heavy atom. The zero-order chi connectivity index (χ0) is 11.1. The minimum absolute atomic E-state index is 0.0648. The van der Waals surface area contributed by atoms with Crippen LogP contribution in [0.5, 0.6) is 0 Å². The highest BCUT2D eigenvalue weighted by Crippen LogP contribution is 2.24. The number of benzene rings is 2. The summed E-state index contributed by atoms with van der Waals surface area (Å²) in [6.07, 6.45) is 0. The Kier molecular flexibility index (Phi) is 1.80. The van der Waals surface area contributed by atoms with Gasteiger partial charge in [0.1, 0.15) is 11.2 Å². The molecule has 3 rings (SSSR count). The molecule has 0 bridgehead atoms. The molecule has 0 saturated heterocycles. The molecule has 1 heterocycles. The number of nitrogens with zero attached hydrogens (tertiary/aromatic N) is 1. The van der Waals surface area contributed by atoms with E-state index in [1.54, 1.807) is 6.07 Å². The second-order valence-electron chi connectivity index (χ2n) is 3.77. The molecule has 0 N–H and O–H groups in total. The average Bonchev–Trinajstić information content (AvgIpc) is 2.27. The summed E-state index contributed by atoms with van der Waals surface area (Å²) in [6.45, 7) is 1.98. The van der Waals surface area contributed by atoms with Crippen LogP contribution in [-0.4, -0.2) is 4.98 Å². The molecule has 16 heavy (non-hydrogen) atoms. The van der Waals surface area contributed by atoms with Crippen molar-refractivity contribution in [1.82, 2.24) is 4.98 Å². The monoisotopic (exact) mass is 211 g/mol. The maximum atomic E-state index is 11.2. The molecular weight excluding hydrogens is 202 g/mol. The molecule has 0 fully saturated rings. The largest absolute Gasteiger partial charge is 0.453 e. The van der Waals surface area contributed by atoms with E-state index in [2.05, 4.69) is 4.98 Å². The van der Waals surface area contributed by atoms with Gasteiger partial charge in [0.2, 0.25) is 0 Å². The molecule has 3 heteroatoms. The average molecular weight is 211 g/mol. The van der Waals surface area contributed by atoms with E-state index in [9.17, 15) is 4.79 Å². The number of rotatable bonds is 0. The van der Waals surface area contributed by atoms with Gasteiger partial charge in [-0.15, -0.1) is 0 Å². The molecule has 0 saturated carbocycles. The third kappa shape index (κ3) is 1.29. The van der Waals surface area contributed by atoms with Crippen molar-refractivity contribution < 1.29 is 4.42 Å². The van der Waals surface area contributed by atoms with Gasteiger partial charge in [0.25, 0.3) is 0 Å². The van der Waals surface area contributed by atoms with E-state index in [0.29, 0.717) is 17.0 Å². The van der Waals surface area contributed by atoms with Crippen molar-refractivity contribution in [3.05, 3.63) is 52.2 Å². The first kappa shape index (κ1) is 9.09. The Hall–Kier alpha value is -2.16. The highest BCUT2D eigenvalue weighted by molar-refractivity contribution is 5.79. The Labute approximate surface area is 91.7 Å². The summed E-state index contributed by atoms with van der Waals surface area (Å²) in [4.78, 5) is 15.7. The number of aryl methyl sites for hydroxylation is 1. The Morgan fingerprint density at radius 1 is 1.19 bits per heavy atom. The van der Waals surface area contributed by atoms with Gasteiger partial charge in [0.15, 0.2) is 16.8 Å².